The van der Waals surface area contributed by atoms with Crippen LogP contribution < -0.4 is 19.3 Å². The number of benzene rings is 2. The molecule has 2 atom stereocenters. The SMILES string of the molecule is CC[C@@H](C)Oc1cc2c(cc1OC)CC(=O)N(c1cnc(N(C)CC3CCC(N4CC(=O)N(C)C4)CC3)cn1)[C@H]2c1ccc(Cl)cc1. The van der Waals surface area contributed by atoms with Crippen LogP contribution in [0.15, 0.2) is 48.8 Å². The highest BCUT2D eigenvalue weighted by atomic mass is 35.5. The van der Waals surface area contributed by atoms with Crippen LogP contribution in [0, 0.1) is 5.92 Å². The summed E-state index contributed by atoms with van der Waals surface area (Å²) in [4.78, 5) is 43.5. The minimum atomic E-state index is -0.451. The quantitative estimate of drug-likeness (QED) is 0.273. The Labute approximate surface area is 282 Å². The van der Waals surface area contributed by atoms with Crippen molar-refractivity contribution in [1.29, 1.82) is 0 Å². The lowest BCUT2D eigenvalue weighted by Gasteiger charge is -2.37. The van der Waals surface area contributed by atoms with Gasteiger partial charge in [0, 0.05) is 31.7 Å². The van der Waals surface area contributed by atoms with Crippen LogP contribution in [-0.2, 0) is 16.0 Å². The molecule has 1 saturated carbocycles. The molecular formula is C36H45ClN6O4. The number of ether oxygens (including phenoxy) is 2. The number of amides is 2. The van der Waals surface area contributed by atoms with Gasteiger partial charge in [0.05, 0.1) is 51.3 Å². The molecule has 0 radical (unpaired) electrons. The molecule has 1 aliphatic carbocycles. The summed E-state index contributed by atoms with van der Waals surface area (Å²) >= 11 is 6.27. The van der Waals surface area contributed by atoms with Gasteiger partial charge in [-0.05, 0) is 85.9 Å². The number of halogens is 1. The number of hydrogen-bond donors (Lipinski definition) is 0. The van der Waals surface area contributed by atoms with Crippen LogP contribution in [0.3, 0.4) is 0 Å². The monoisotopic (exact) mass is 660 g/mol. The molecule has 6 rings (SSSR count). The predicted molar refractivity (Wildman–Crippen MR) is 183 cm³/mol. The maximum Gasteiger partial charge on any atom is 0.237 e. The molecule has 0 unspecified atom stereocenters. The number of anilines is 2. The molecule has 1 saturated heterocycles. The first kappa shape index (κ1) is 33.0. The Morgan fingerprint density at radius 2 is 1.77 bits per heavy atom. The molecule has 0 N–H and O–H groups in total. The Bertz CT molecular complexity index is 1580. The zero-order valence-electron chi connectivity index (χ0n) is 28.0. The summed E-state index contributed by atoms with van der Waals surface area (Å²) in [5, 5.41) is 0.623. The zero-order valence-corrected chi connectivity index (χ0v) is 28.7. The van der Waals surface area contributed by atoms with E-state index in [0.29, 0.717) is 40.8 Å². The van der Waals surface area contributed by atoms with E-state index in [-0.39, 0.29) is 24.3 Å². The van der Waals surface area contributed by atoms with E-state index < -0.39 is 6.04 Å². The molecule has 2 aliphatic heterocycles. The first-order chi connectivity index (χ1) is 22.6. The third-order valence-corrected chi connectivity index (χ3v) is 10.2. The topological polar surface area (TPSA) is 91.3 Å². The van der Waals surface area contributed by atoms with Gasteiger partial charge in [-0.25, -0.2) is 9.97 Å². The number of likely N-dealkylation sites (N-methyl/N-ethyl adjacent to an activating group) is 1. The predicted octanol–water partition coefficient (Wildman–Crippen LogP) is 5.72. The van der Waals surface area contributed by atoms with Crippen LogP contribution in [0.2, 0.25) is 5.02 Å². The number of carbonyl (C=O) groups excluding carboxylic acids is 2. The Balaban J connectivity index is 1.21. The van der Waals surface area contributed by atoms with Crippen molar-refractivity contribution in [3.05, 3.63) is 70.5 Å². The number of aromatic nitrogens is 2. The van der Waals surface area contributed by atoms with Gasteiger partial charge in [0.1, 0.15) is 5.82 Å². The second-order valence-electron chi connectivity index (χ2n) is 13.2. The molecule has 2 amide bonds. The lowest BCUT2D eigenvalue weighted by molar-refractivity contribution is -0.125. The highest BCUT2D eigenvalue weighted by Gasteiger charge is 2.37. The third-order valence-electron chi connectivity index (χ3n) is 9.96. The van der Waals surface area contributed by atoms with E-state index in [9.17, 15) is 9.59 Å². The zero-order chi connectivity index (χ0) is 33.2. The lowest BCUT2D eigenvalue weighted by atomic mass is 9.85. The second-order valence-corrected chi connectivity index (χ2v) is 13.6. The Morgan fingerprint density at radius 3 is 2.38 bits per heavy atom. The summed E-state index contributed by atoms with van der Waals surface area (Å²) in [5.74, 6) is 3.20. The van der Waals surface area contributed by atoms with Crippen LogP contribution >= 0.6 is 11.6 Å². The van der Waals surface area contributed by atoms with E-state index in [1.54, 1.807) is 24.4 Å². The molecule has 1 aromatic heterocycles. The van der Waals surface area contributed by atoms with Crippen LogP contribution in [0.5, 0.6) is 11.5 Å². The third kappa shape index (κ3) is 7.04. The normalized spacial score (nSPS) is 22.3. The van der Waals surface area contributed by atoms with E-state index in [1.165, 1.54) is 0 Å². The number of nitrogens with zero attached hydrogens (tertiary/aromatic N) is 6. The molecule has 47 heavy (non-hydrogen) atoms. The molecule has 0 spiro atoms. The van der Waals surface area contributed by atoms with Crippen molar-refractivity contribution >= 4 is 35.1 Å². The molecule has 2 fully saturated rings. The van der Waals surface area contributed by atoms with Gasteiger partial charge in [0.25, 0.3) is 0 Å². The van der Waals surface area contributed by atoms with Gasteiger partial charge in [0.2, 0.25) is 11.8 Å². The number of rotatable bonds is 10. The lowest BCUT2D eigenvalue weighted by Crippen LogP contribution is -2.41. The Morgan fingerprint density at radius 1 is 1.02 bits per heavy atom. The molecule has 0 bridgehead atoms. The Kier molecular flexibility index (Phi) is 9.89. The molecule has 3 aliphatic rings. The van der Waals surface area contributed by atoms with Gasteiger partial charge in [-0.1, -0.05) is 30.7 Å². The van der Waals surface area contributed by atoms with E-state index in [0.717, 1.165) is 67.8 Å². The smallest absolute Gasteiger partial charge is 0.237 e. The molecule has 3 heterocycles. The van der Waals surface area contributed by atoms with Crippen LogP contribution in [0.4, 0.5) is 11.6 Å². The van der Waals surface area contributed by atoms with Crippen molar-refractivity contribution in [1.82, 2.24) is 19.8 Å². The standard InChI is InChI=1S/C36H45ClN6O4/c1-6-23(2)47-31-17-29-26(15-30(31)46-5)16-34(44)43(36(29)25-9-11-27(37)12-10-25)33-19-38-32(18-39-33)40(3)20-24-7-13-28(14-8-24)42-21-35(45)41(4)22-42/h9-12,15,17-19,23-24,28,36H,6-8,13-14,16,20-22H2,1-5H3/t23-,24?,28?,36+/m1/s1. The largest absolute Gasteiger partial charge is 0.493 e. The molecule has 250 valence electrons. The van der Waals surface area contributed by atoms with Crippen molar-refractivity contribution < 1.29 is 19.1 Å². The van der Waals surface area contributed by atoms with Crippen LogP contribution in [0.25, 0.3) is 0 Å². The minimum Gasteiger partial charge on any atom is -0.493 e. The Hall–Kier alpha value is -3.89. The first-order valence-electron chi connectivity index (χ1n) is 16.6. The van der Waals surface area contributed by atoms with Crippen molar-refractivity contribution in [2.24, 2.45) is 5.92 Å². The second kappa shape index (κ2) is 14.1. The average molecular weight is 661 g/mol. The van der Waals surface area contributed by atoms with Gasteiger partial charge in [-0.3, -0.25) is 19.4 Å². The summed E-state index contributed by atoms with van der Waals surface area (Å²) in [6.45, 7) is 6.26. The summed E-state index contributed by atoms with van der Waals surface area (Å²) in [6.07, 6.45) is 8.96. The fourth-order valence-corrected chi connectivity index (χ4v) is 7.22. The summed E-state index contributed by atoms with van der Waals surface area (Å²) in [7, 11) is 5.55. The van der Waals surface area contributed by atoms with Crippen LogP contribution in [0.1, 0.15) is 68.7 Å². The van der Waals surface area contributed by atoms with Gasteiger partial charge >= 0.3 is 0 Å². The molecular weight excluding hydrogens is 616 g/mol. The van der Waals surface area contributed by atoms with E-state index >= 15 is 0 Å². The van der Waals surface area contributed by atoms with Crippen molar-refractivity contribution in [3.8, 4) is 11.5 Å². The van der Waals surface area contributed by atoms with Crippen molar-refractivity contribution in [2.75, 3.05) is 50.8 Å². The van der Waals surface area contributed by atoms with Crippen molar-refractivity contribution in [3.63, 3.8) is 0 Å². The molecule has 2 aromatic carbocycles. The van der Waals surface area contributed by atoms with Crippen molar-refractivity contribution in [2.45, 2.75) is 70.6 Å². The van der Waals surface area contributed by atoms with E-state index in [1.807, 2.05) is 55.3 Å². The van der Waals surface area contributed by atoms with E-state index in [4.69, 9.17) is 31.0 Å². The number of methoxy groups -OCH3 is 1. The molecule has 3 aromatic rings. The fourth-order valence-electron chi connectivity index (χ4n) is 7.09. The summed E-state index contributed by atoms with van der Waals surface area (Å²) in [5.41, 5.74) is 2.75. The fraction of sp³-hybridized carbons (Fsp3) is 0.500. The number of fused-ring (bicyclic) bond motifs is 1. The summed E-state index contributed by atoms with van der Waals surface area (Å²) in [6, 6.07) is 11.5. The highest BCUT2D eigenvalue weighted by molar-refractivity contribution is 6.30. The van der Waals surface area contributed by atoms with Gasteiger partial charge in [-0.15, -0.1) is 0 Å². The number of carbonyl (C=O) groups is 2. The maximum absolute atomic E-state index is 13.9. The maximum atomic E-state index is 13.9. The minimum absolute atomic E-state index is 0.000427. The number of hydrogen-bond acceptors (Lipinski definition) is 8. The average Bonchev–Trinajstić information content (AvgIpc) is 3.42. The molecule has 10 nitrogen and oxygen atoms in total. The van der Waals surface area contributed by atoms with Gasteiger partial charge in [-0.2, -0.15) is 0 Å². The molecule has 11 heteroatoms. The van der Waals surface area contributed by atoms with Crippen LogP contribution in [-0.4, -0.2) is 84.7 Å². The van der Waals surface area contributed by atoms with Gasteiger partial charge in [0.15, 0.2) is 17.3 Å². The first-order valence-corrected chi connectivity index (χ1v) is 17.0. The highest BCUT2D eigenvalue weighted by Crippen LogP contribution is 2.43. The summed E-state index contributed by atoms with van der Waals surface area (Å²) < 4.78 is 11.9. The van der Waals surface area contributed by atoms with E-state index in [2.05, 4.69) is 23.8 Å². The van der Waals surface area contributed by atoms with Gasteiger partial charge < -0.3 is 19.3 Å².